The zero-order valence-electron chi connectivity index (χ0n) is 15.3. The van der Waals surface area contributed by atoms with Crippen LogP contribution >= 0.6 is 0 Å². The van der Waals surface area contributed by atoms with Gasteiger partial charge in [0.1, 0.15) is 17.1 Å². The number of aromatic nitrogens is 5. The second-order valence-electron chi connectivity index (χ2n) is 6.81. The van der Waals surface area contributed by atoms with Gasteiger partial charge in [-0.2, -0.15) is 4.52 Å². The maximum atomic E-state index is 14.0. The molecule has 4 aromatic rings. The average Bonchev–Trinajstić information content (AvgIpc) is 3.30. The van der Waals surface area contributed by atoms with Crippen LogP contribution in [0.3, 0.4) is 0 Å². The number of methoxy groups -OCH3 is 1. The van der Waals surface area contributed by atoms with E-state index in [2.05, 4.69) is 31.0 Å². The summed E-state index contributed by atoms with van der Waals surface area (Å²) in [5, 5.41) is 4.99. The molecule has 1 aliphatic heterocycles. The van der Waals surface area contributed by atoms with Crippen molar-refractivity contribution in [3.05, 3.63) is 53.4 Å². The van der Waals surface area contributed by atoms with Crippen molar-refractivity contribution < 1.29 is 9.13 Å². The third kappa shape index (κ3) is 2.71. The lowest BCUT2D eigenvalue weighted by Crippen LogP contribution is -2.20. The quantitative estimate of drug-likeness (QED) is 0.579. The van der Waals surface area contributed by atoms with Crippen molar-refractivity contribution in [1.29, 1.82) is 0 Å². The van der Waals surface area contributed by atoms with Gasteiger partial charge in [-0.3, -0.25) is 9.88 Å². The predicted octanol–water partition coefficient (Wildman–Crippen LogP) is 1.96. The Kier molecular flexibility index (Phi) is 3.83. The number of anilines is 1. The predicted molar refractivity (Wildman–Crippen MR) is 101 cm³/mol. The normalized spacial score (nSPS) is 14.1. The number of pyridine rings is 1. The summed E-state index contributed by atoms with van der Waals surface area (Å²) in [6.45, 7) is 2.47. The third-order valence-corrected chi connectivity index (χ3v) is 5.00. The molecule has 2 N–H and O–H groups in total. The number of nitrogen functional groups attached to an aromatic ring is 1. The van der Waals surface area contributed by atoms with Gasteiger partial charge in [0.2, 0.25) is 5.95 Å². The largest absolute Gasteiger partial charge is 0.494 e. The van der Waals surface area contributed by atoms with Crippen LogP contribution in [0.2, 0.25) is 0 Å². The molecule has 0 unspecified atom stereocenters. The van der Waals surface area contributed by atoms with Crippen LogP contribution in [0, 0.1) is 5.82 Å². The van der Waals surface area contributed by atoms with E-state index in [1.807, 2.05) is 12.3 Å². The molecule has 0 amide bonds. The molecule has 5 rings (SSSR count). The van der Waals surface area contributed by atoms with Crippen molar-refractivity contribution in [3.63, 3.8) is 0 Å². The minimum atomic E-state index is -0.426. The zero-order valence-corrected chi connectivity index (χ0v) is 15.3. The van der Waals surface area contributed by atoms with Crippen LogP contribution in [-0.4, -0.2) is 43.1 Å². The molecule has 28 heavy (non-hydrogen) atoms. The Morgan fingerprint density at radius 2 is 2.14 bits per heavy atom. The molecule has 3 aromatic heterocycles. The van der Waals surface area contributed by atoms with E-state index in [0.717, 1.165) is 25.3 Å². The highest BCUT2D eigenvalue weighted by Crippen LogP contribution is 2.29. The topological polar surface area (TPSA) is 94.5 Å². The summed E-state index contributed by atoms with van der Waals surface area (Å²) < 4.78 is 20.7. The van der Waals surface area contributed by atoms with Crippen LogP contribution in [0.1, 0.15) is 17.1 Å². The molecule has 9 heteroatoms. The molecule has 0 saturated heterocycles. The van der Waals surface area contributed by atoms with Crippen LogP contribution in [0.5, 0.6) is 5.75 Å². The number of benzene rings is 1. The number of ether oxygens (including phenoxy) is 1. The summed E-state index contributed by atoms with van der Waals surface area (Å²) in [6, 6.07) is 6.72. The van der Waals surface area contributed by atoms with Gasteiger partial charge < -0.3 is 10.5 Å². The van der Waals surface area contributed by atoms with Crippen LogP contribution in [-0.2, 0) is 19.5 Å². The van der Waals surface area contributed by atoms with Crippen molar-refractivity contribution >= 4 is 22.5 Å². The Bertz CT molecular complexity index is 1180. The number of nitrogens with two attached hydrogens (primary N) is 1. The third-order valence-electron chi connectivity index (χ3n) is 5.00. The first kappa shape index (κ1) is 16.8. The molecule has 0 fully saturated rings. The minimum absolute atomic E-state index is 0.184. The smallest absolute Gasteiger partial charge is 0.223 e. The summed E-state index contributed by atoms with van der Waals surface area (Å²) >= 11 is 0. The van der Waals surface area contributed by atoms with Crippen molar-refractivity contribution in [2.45, 2.75) is 19.5 Å². The van der Waals surface area contributed by atoms with Crippen LogP contribution in [0.15, 0.2) is 30.5 Å². The van der Waals surface area contributed by atoms with Crippen LogP contribution < -0.4 is 10.5 Å². The number of hydrogen-bond acceptors (Lipinski definition) is 7. The van der Waals surface area contributed by atoms with Crippen molar-refractivity contribution in [1.82, 2.24) is 29.5 Å². The summed E-state index contributed by atoms with van der Waals surface area (Å²) in [5.41, 5.74) is 9.37. The summed E-state index contributed by atoms with van der Waals surface area (Å²) in [6.07, 6.45) is 2.46. The molecular weight excluding hydrogens is 361 g/mol. The van der Waals surface area contributed by atoms with E-state index in [-0.39, 0.29) is 5.95 Å². The fraction of sp³-hybridized carbons (Fsp3) is 0.263. The first-order chi connectivity index (χ1) is 13.6. The maximum Gasteiger partial charge on any atom is 0.223 e. The monoisotopic (exact) mass is 379 g/mol. The van der Waals surface area contributed by atoms with Gasteiger partial charge in [0.25, 0.3) is 0 Å². The standard InChI is InChI=1S/C19H18FN7O/c1-28-15-8-12(20)7-13-17(15)24-19(21)27-18(13)23-16(25-27)4-6-26-9-11-3-2-5-22-14(11)10-26/h2-3,5,7-8H,4,6,9-10H2,1H3,(H2,21,24). The molecular formula is C19H18FN7O. The zero-order chi connectivity index (χ0) is 19.3. The van der Waals surface area contributed by atoms with Gasteiger partial charge >= 0.3 is 0 Å². The van der Waals surface area contributed by atoms with Crippen LogP contribution in [0.25, 0.3) is 16.6 Å². The fourth-order valence-corrected chi connectivity index (χ4v) is 3.65. The van der Waals surface area contributed by atoms with E-state index in [1.54, 1.807) is 0 Å². The van der Waals surface area contributed by atoms with Gasteiger partial charge in [-0.05, 0) is 17.7 Å². The number of fused-ring (bicyclic) bond motifs is 4. The lowest BCUT2D eigenvalue weighted by Gasteiger charge is -2.12. The van der Waals surface area contributed by atoms with Gasteiger partial charge in [0, 0.05) is 38.3 Å². The number of rotatable bonds is 4. The Morgan fingerprint density at radius 3 is 2.96 bits per heavy atom. The highest BCUT2D eigenvalue weighted by Gasteiger charge is 2.21. The lowest BCUT2D eigenvalue weighted by molar-refractivity contribution is 0.284. The Morgan fingerprint density at radius 1 is 1.25 bits per heavy atom. The minimum Gasteiger partial charge on any atom is -0.494 e. The Labute approximate surface area is 159 Å². The molecule has 0 atom stereocenters. The van der Waals surface area contributed by atoms with Crippen molar-refractivity contribution in [3.8, 4) is 5.75 Å². The summed E-state index contributed by atoms with van der Waals surface area (Å²) in [5.74, 6) is 0.706. The molecule has 1 aromatic carbocycles. The number of hydrogen-bond donors (Lipinski definition) is 1. The molecule has 0 spiro atoms. The molecule has 0 saturated carbocycles. The highest BCUT2D eigenvalue weighted by molar-refractivity contribution is 5.95. The lowest BCUT2D eigenvalue weighted by atomic mass is 10.2. The fourth-order valence-electron chi connectivity index (χ4n) is 3.65. The van der Waals surface area contributed by atoms with E-state index < -0.39 is 5.82 Å². The highest BCUT2D eigenvalue weighted by atomic mass is 19.1. The number of nitrogens with zero attached hydrogens (tertiary/aromatic N) is 6. The number of halogens is 1. The first-order valence-electron chi connectivity index (χ1n) is 8.96. The molecule has 142 valence electrons. The van der Waals surface area contributed by atoms with Crippen LogP contribution in [0.4, 0.5) is 10.3 Å². The first-order valence-corrected chi connectivity index (χ1v) is 8.96. The summed E-state index contributed by atoms with van der Waals surface area (Å²) in [7, 11) is 1.47. The molecule has 8 nitrogen and oxygen atoms in total. The van der Waals surface area contributed by atoms with E-state index in [4.69, 9.17) is 10.5 Å². The Hall–Kier alpha value is -3.33. The molecule has 0 radical (unpaired) electrons. The van der Waals surface area contributed by atoms with Gasteiger partial charge in [-0.25, -0.2) is 14.4 Å². The van der Waals surface area contributed by atoms with E-state index in [9.17, 15) is 4.39 Å². The van der Waals surface area contributed by atoms with E-state index in [0.29, 0.717) is 34.5 Å². The van der Waals surface area contributed by atoms with Gasteiger partial charge in [0.05, 0.1) is 18.2 Å². The molecule has 0 aliphatic carbocycles. The Balaban J connectivity index is 1.46. The maximum absolute atomic E-state index is 14.0. The molecule has 0 bridgehead atoms. The van der Waals surface area contributed by atoms with E-state index >= 15 is 0 Å². The van der Waals surface area contributed by atoms with Crippen molar-refractivity contribution in [2.24, 2.45) is 0 Å². The SMILES string of the molecule is COc1cc(F)cc2c1nc(N)n1nc(CCN3Cc4cccnc4C3)nc21. The van der Waals surface area contributed by atoms with Gasteiger partial charge in [0.15, 0.2) is 11.5 Å². The van der Waals surface area contributed by atoms with Gasteiger partial charge in [-0.15, -0.1) is 5.10 Å². The molecule has 4 heterocycles. The molecule has 1 aliphatic rings. The average molecular weight is 379 g/mol. The van der Waals surface area contributed by atoms with Crippen molar-refractivity contribution in [2.75, 3.05) is 19.4 Å². The second kappa shape index (κ2) is 6.38. The summed E-state index contributed by atoms with van der Waals surface area (Å²) in [4.78, 5) is 15.6. The van der Waals surface area contributed by atoms with E-state index in [1.165, 1.54) is 29.3 Å². The second-order valence-corrected chi connectivity index (χ2v) is 6.81. The van der Waals surface area contributed by atoms with Gasteiger partial charge in [-0.1, -0.05) is 6.07 Å².